The number of carbonyl (C=O) groups is 1. The highest BCUT2D eigenvalue weighted by molar-refractivity contribution is 7.44. The van der Waals surface area contributed by atoms with Gasteiger partial charge in [-0.3, -0.25) is 24.5 Å². The van der Waals surface area contributed by atoms with Gasteiger partial charge in [-0.2, -0.15) is 10.2 Å². The average molecular weight is 858 g/mol. The van der Waals surface area contributed by atoms with E-state index in [1.165, 1.54) is 10.9 Å². The van der Waals surface area contributed by atoms with E-state index in [0.717, 1.165) is 16.7 Å². The summed E-state index contributed by atoms with van der Waals surface area (Å²) in [4.78, 5) is 37.4. The molecule has 17 heteroatoms. The second kappa shape index (κ2) is 20.1. The fraction of sp³-hybridized carbons (Fsp3) is 0.432. The van der Waals surface area contributed by atoms with Crippen LogP contribution in [-0.2, 0) is 28.9 Å². The van der Waals surface area contributed by atoms with Crippen molar-refractivity contribution in [2.45, 2.75) is 90.3 Å². The van der Waals surface area contributed by atoms with Crippen molar-refractivity contribution in [3.05, 3.63) is 112 Å². The van der Waals surface area contributed by atoms with Crippen molar-refractivity contribution < 1.29 is 37.2 Å². The number of benzene rings is 3. The van der Waals surface area contributed by atoms with Crippen molar-refractivity contribution in [3.8, 4) is 17.6 Å². The molecule has 0 unspecified atom stereocenters. The van der Waals surface area contributed by atoms with Crippen LogP contribution >= 0.6 is 8.53 Å². The number of methoxy groups -OCH3 is 2. The van der Waals surface area contributed by atoms with Crippen molar-refractivity contribution in [3.63, 3.8) is 0 Å². The number of amides is 1. The number of anilines is 1. The highest BCUT2D eigenvalue weighted by Gasteiger charge is 2.51. The quantitative estimate of drug-likeness (QED) is 0.0473. The van der Waals surface area contributed by atoms with Crippen molar-refractivity contribution in [1.29, 1.82) is 5.26 Å². The van der Waals surface area contributed by atoms with E-state index >= 15 is 4.39 Å². The number of halogens is 1. The summed E-state index contributed by atoms with van der Waals surface area (Å²) in [5.41, 5.74) is 0.306. The summed E-state index contributed by atoms with van der Waals surface area (Å²) >= 11 is 0. The van der Waals surface area contributed by atoms with Gasteiger partial charge in [0, 0.05) is 18.0 Å². The molecular formula is C44H53FN7O8P. The smallest absolute Gasteiger partial charge is 0.280 e. The summed E-state index contributed by atoms with van der Waals surface area (Å²) < 4.78 is 58.7. The van der Waals surface area contributed by atoms with E-state index in [4.69, 9.17) is 28.0 Å². The molecule has 324 valence electrons. The number of nitrogens with zero attached hydrogens (tertiary/aromatic N) is 5. The van der Waals surface area contributed by atoms with Gasteiger partial charge in [0.15, 0.2) is 23.6 Å². The van der Waals surface area contributed by atoms with Crippen LogP contribution in [0.2, 0.25) is 0 Å². The number of nitrogens with one attached hydrogen (secondary N) is 2. The molecule has 1 saturated heterocycles. The van der Waals surface area contributed by atoms with Crippen molar-refractivity contribution in [2.75, 3.05) is 32.8 Å². The number of nitriles is 1. The molecule has 0 aliphatic carbocycles. The van der Waals surface area contributed by atoms with Gasteiger partial charge in [0.2, 0.25) is 11.9 Å². The first-order chi connectivity index (χ1) is 29.3. The molecule has 2 N–H and O–H groups in total. The second-order valence-corrected chi connectivity index (χ2v) is 16.7. The number of fused-ring (bicyclic) bond motifs is 1. The maximum Gasteiger partial charge on any atom is 0.280 e. The summed E-state index contributed by atoms with van der Waals surface area (Å²) in [6.07, 6.45) is -4.28. The predicted molar refractivity (Wildman–Crippen MR) is 229 cm³/mol. The van der Waals surface area contributed by atoms with Gasteiger partial charge < -0.3 is 28.0 Å². The van der Waals surface area contributed by atoms with E-state index in [0.29, 0.717) is 11.5 Å². The van der Waals surface area contributed by atoms with Crippen LogP contribution in [0.25, 0.3) is 11.2 Å². The minimum Gasteiger partial charge on any atom is -0.497 e. The maximum absolute atomic E-state index is 17.7. The Hall–Kier alpha value is -5.27. The van der Waals surface area contributed by atoms with Gasteiger partial charge in [0.1, 0.15) is 29.3 Å². The Kier molecular flexibility index (Phi) is 14.9. The molecule has 0 spiro atoms. The lowest BCUT2D eigenvalue weighted by Crippen LogP contribution is -2.39. The number of hydrogen-bond donors (Lipinski definition) is 2. The number of rotatable bonds is 19. The van der Waals surface area contributed by atoms with Crippen molar-refractivity contribution in [2.24, 2.45) is 5.92 Å². The first-order valence-corrected chi connectivity index (χ1v) is 21.3. The highest BCUT2D eigenvalue weighted by atomic mass is 31.2. The third-order valence-electron chi connectivity index (χ3n) is 10.2. The molecule has 0 bridgehead atoms. The molecule has 6 rings (SSSR count). The Morgan fingerprint density at radius 2 is 1.56 bits per heavy atom. The van der Waals surface area contributed by atoms with E-state index < -0.39 is 50.2 Å². The monoisotopic (exact) mass is 857 g/mol. The van der Waals surface area contributed by atoms with Crippen LogP contribution in [0.1, 0.15) is 70.9 Å². The molecule has 2 aromatic heterocycles. The molecule has 1 aliphatic rings. The van der Waals surface area contributed by atoms with Crippen LogP contribution in [-0.4, -0.2) is 88.0 Å². The fourth-order valence-corrected chi connectivity index (χ4v) is 9.01. The van der Waals surface area contributed by atoms with Crippen molar-refractivity contribution in [1.82, 2.24) is 24.2 Å². The third kappa shape index (κ3) is 9.78. The van der Waals surface area contributed by atoms with Crippen LogP contribution in [0.3, 0.4) is 0 Å². The summed E-state index contributed by atoms with van der Waals surface area (Å²) in [7, 11) is 1.20. The third-order valence-corrected chi connectivity index (χ3v) is 12.4. The Bertz CT molecular complexity index is 2260. The Morgan fingerprint density at radius 3 is 2.10 bits per heavy atom. The molecule has 1 fully saturated rings. The van der Waals surface area contributed by atoms with Crippen molar-refractivity contribution >= 4 is 31.5 Å². The summed E-state index contributed by atoms with van der Waals surface area (Å²) in [5, 5.41) is 12.0. The van der Waals surface area contributed by atoms with E-state index in [9.17, 15) is 14.9 Å². The van der Waals surface area contributed by atoms with Gasteiger partial charge in [-0.15, -0.1) is 0 Å². The summed E-state index contributed by atoms with van der Waals surface area (Å²) in [5.74, 6) is 0.404. The number of aromatic amines is 1. The average Bonchev–Trinajstić information content (AvgIpc) is 3.81. The molecule has 5 atom stereocenters. The Morgan fingerprint density at radius 1 is 0.967 bits per heavy atom. The topological polar surface area (TPSA) is 175 Å². The molecule has 1 aliphatic heterocycles. The fourth-order valence-electron chi connectivity index (χ4n) is 7.28. The molecular weight excluding hydrogens is 804 g/mol. The van der Waals surface area contributed by atoms with E-state index in [1.54, 1.807) is 28.1 Å². The van der Waals surface area contributed by atoms with Gasteiger partial charge in [0.05, 0.1) is 46.3 Å². The summed E-state index contributed by atoms with van der Waals surface area (Å²) in [6.45, 7) is 11.1. The standard InChI is InChI=1S/C44H53FN7O8P/c1-27(2)40(53)49-43-48-39-37(41(54)50-43)47-26-51(39)42-38(60-61(58-24-12-23-46)52(28(3)4)29(5)6)36(45)35(59-42)25-57-44(30-13-10-9-11-14-30,31-15-19-33(55-7)20-16-31)32-17-21-34(56-8)22-18-32/h9-11,13-22,26-29,35-36,38,42H,12,24-25H2,1-8H3,(H2,48,49,50,53,54)/t35-,36-,38+,42-,61-/m1/s1. The molecule has 1 amide bonds. The van der Waals surface area contributed by atoms with Crippen LogP contribution in [0, 0.1) is 17.2 Å². The van der Waals surface area contributed by atoms with Gasteiger partial charge in [-0.25, -0.2) is 14.0 Å². The second-order valence-electron chi connectivity index (χ2n) is 15.3. The number of aromatic nitrogens is 4. The number of imidazole rings is 1. The number of hydrogen-bond acceptors (Lipinski definition) is 12. The largest absolute Gasteiger partial charge is 0.497 e. The Balaban J connectivity index is 1.46. The van der Waals surface area contributed by atoms with Crippen LogP contribution < -0.4 is 20.3 Å². The zero-order chi connectivity index (χ0) is 43.8. The molecule has 15 nitrogen and oxygen atoms in total. The first-order valence-electron chi connectivity index (χ1n) is 20.1. The number of alkyl halides is 1. The molecule has 3 aromatic carbocycles. The first kappa shape index (κ1) is 45.3. The van der Waals surface area contributed by atoms with Gasteiger partial charge in [-0.1, -0.05) is 68.4 Å². The number of H-pyrrole nitrogens is 1. The minimum atomic E-state index is -1.98. The van der Waals surface area contributed by atoms with Crippen LogP contribution in [0.15, 0.2) is 90.0 Å². The molecule has 0 saturated carbocycles. The Labute approximate surface area is 356 Å². The lowest BCUT2D eigenvalue weighted by Gasteiger charge is -2.38. The van der Waals surface area contributed by atoms with Gasteiger partial charge in [-0.05, 0) is 68.7 Å². The molecule has 5 aromatic rings. The normalized spacial score (nSPS) is 18.6. The molecule has 61 heavy (non-hydrogen) atoms. The summed E-state index contributed by atoms with van der Waals surface area (Å²) in [6, 6.07) is 26.5. The molecule has 3 heterocycles. The predicted octanol–water partition coefficient (Wildman–Crippen LogP) is 7.64. The van der Waals surface area contributed by atoms with E-state index in [-0.39, 0.29) is 54.7 Å². The highest BCUT2D eigenvalue weighted by Crippen LogP contribution is 2.52. The number of ether oxygens (including phenoxy) is 4. The SMILES string of the molecule is COc1ccc(C(OC[C@H]2O[C@@H](n3cnc4c(=O)[nH]c(NC(=O)C(C)C)nc43)[C@@H](O[P@@](OCCC#N)N(C(C)C)C(C)C)[C@@H]2F)(c2ccccc2)c2ccc(OC)cc2)cc1. The zero-order valence-electron chi connectivity index (χ0n) is 35.6. The lowest BCUT2D eigenvalue weighted by atomic mass is 9.80. The minimum absolute atomic E-state index is 0.0320. The zero-order valence-corrected chi connectivity index (χ0v) is 36.5. The van der Waals surface area contributed by atoms with Gasteiger partial charge >= 0.3 is 0 Å². The van der Waals surface area contributed by atoms with Gasteiger partial charge in [0.25, 0.3) is 14.1 Å². The maximum atomic E-state index is 17.7. The molecule has 0 radical (unpaired) electrons. The number of carbonyl (C=O) groups excluding carboxylic acids is 1. The van der Waals surface area contributed by atoms with Crippen LogP contribution in [0.4, 0.5) is 10.3 Å². The lowest BCUT2D eigenvalue weighted by molar-refractivity contribution is -0.118. The van der Waals surface area contributed by atoms with E-state index in [1.807, 2.05) is 111 Å². The van der Waals surface area contributed by atoms with E-state index in [2.05, 4.69) is 26.3 Å². The van der Waals surface area contributed by atoms with Crippen LogP contribution in [0.5, 0.6) is 11.5 Å².